The number of aromatic nitrogens is 5. The van der Waals surface area contributed by atoms with Crippen molar-refractivity contribution in [1.29, 1.82) is 0 Å². The van der Waals surface area contributed by atoms with Crippen LogP contribution in [0.25, 0.3) is 11.2 Å². The molecular weight excluding hydrogens is 477 g/mol. The van der Waals surface area contributed by atoms with Crippen molar-refractivity contribution in [2.45, 2.75) is 45.3 Å². The minimum atomic E-state index is -4.58. The van der Waals surface area contributed by atoms with E-state index in [1.54, 1.807) is 30.5 Å². The molecule has 0 atom stereocenters. The molecule has 0 aliphatic carbocycles. The lowest BCUT2D eigenvalue weighted by Crippen LogP contribution is -2.36. The molecule has 11 heteroatoms. The number of thiazole rings is 1. The van der Waals surface area contributed by atoms with Gasteiger partial charge in [0.2, 0.25) is 0 Å². The van der Waals surface area contributed by atoms with E-state index >= 15 is 0 Å². The van der Waals surface area contributed by atoms with Gasteiger partial charge in [-0.05, 0) is 50.8 Å². The Morgan fingerprint density at radius 2 is 1.91 bits per heavy atom. The molecule has 35 heavy (non-hydrogen) atoms. The van der Waals surface area contributed by atoms with Gasteiger partial charge in [0.05, 0.1) is 29.0 Å². The minimum Gasteiger partial charge on any atom is -0.356 e. The average Bonchev–Trinajstić information content (AvgIpc) is 3.26. The molecule has 0 saturated carbocycles. The van der Waals surface area contributed by atoms with Crippen molar-refractivity contribution < 1.29 is 13.2 Å². The van der Waals surface area contributed by atoms with Crippen molar-refractivity contribution in [1.82, 2.24) is 24.5 Å². The Kier molecular flexibility index (Phi) is 6.04. The van der Waals surface area contributed by atoms with Crippen LogP contribution in [0.15, 0.2) is 40.9 Å². The first kappa shape index (κ1) is 23.4. The minimum absolute atomic E-state index is 0.0396. The Hall–Kier alpha value is -3.34. The molecule has 5 rings (SSSR count). The fourth-order valence-corrected chi connectivity index (χ4v) is 5.25. The molecule has 0 bridgehead atoms. The van der Waals surface area contributed by atoms with Gasteiger partial charge in [-0.3, -0.25) is 19.3 Å². The van der Waals surface area contributed by atoms with Crippen molar-refractivity contribution in [3.05, 3.63) is 73.8 Å². The maximum atomic E-state index is 13.7. The fraction of sp³-hybridized carbons (Fsp3) is 0.375. The van der Waals surface area contributed by atoms with Gasteiger partial charge in [0.1, 0.15) is 11.3 Å². The van der Waals surface area contributed by atoms with Crippen LogP contribution in [0.2, 0.25) is 0 Å². The Balaban J connectivity index is 1.54. The van der Waals surface area contributed by atoms with Crippen molar-refractivity contribution in [3.8, 4) is 0 Å². The van der Waals surface area contributed by atoms with Crippen molar-refractivity contribution >= 4 is 28.3 Å². The molecule has 5 heterocycles. The summed E-state index contributed by atoms with van der Waals surface area (Å²) in [5.41, 5.74) is 2.25. The molecule has 0 unspecified atom stereocenters. The van der Waals surface area contributed by atoms with E-state index in [1.807, 2.05) is 12.4 Å². The topological polar surface area (TPSA) is 76.8 Å². The van der Waals surface area contributed by atoms with Crippen molar-refractivity contribution in [2.75, 3.05) is 18.0 Å². The van der Waals surface area contributed by atoms with Gasteiger partial charge in [0.25, 0.3) is 5.56 Å². The third kappa shape index (κ3) is 4.52. The number of nitrogens with zero attached hydrogens (tertiary/aromatic N) is 6. The lowest BCUT2D eigenvalue weighted by Gasteiger charge is -2.32. The van der Waals surface area contributed by atoms with Crippen LogP contribution in [0.1, 0.15) is 46.2 Å². The summed E-state index contributed by atoms with van der Waals surface area (Å²) in [5, 5.41) is 0. The molecule has 0 aromatic carbocycles. The van der Waals surface area contributed by atoms with Crippen molar-refractivity contribution in [2.24, 2.45) is 0 Å². The maximum absolute atomic E-state index is 13.7. The first-order chi connectivity index (χ1) is 16.7. The van der Waals surface area contributed by atoms with Crippen LogP contribution in [0.3, 0.4) is 0 Å². The van der Waals surface area contributed by atoms with Crippen LogP contribution >= 0.6 is 11.3 Å². The smallest absolute Gasteiger partial charge is 0.356 e. The normalized spacial score (nSPS) is 15.2. The van der Waals surface area contributed by atoms with Gasteiger partial charge in [0, 0.05) is 35.9 Å². The largest absolute Gasteiger partial charge is 0.418 e. The number of aryl methyl sites for hydroxylation is 2. The monoisotopic (exact) mass is 500 g/mol. The number of halogens is 3. The highest BCUT2D eigenvalue weighted by Crippen LogP contribution is 2.33. The molecule has 1 saturated heterocycles. The Morgan fingerprint density at radius 3 is 2.60 bits per heavy atom. The molecule has 182 valence electrons. The summed E-state index contributed by atoms with van der Waals surface area (Å²) >= 11 is 1.60. The molecular formula is C24H23F3N6OS. The predicted molar refractivity (Wildman–Crippen MR) is 128 cm³/mol. The zero-order chi connectivity index (χ0) is 24.7. The highest BCUT2D eigenvalue weighted by Gasteiger charge is 2.34. The highest BCUT2D eigenvalue weighted by molar-refractivity contribution is 7.10. The van der Waals surface area contributed by atoms with E-state index in [0.717, 1.165) is 42.7 Å². The second-order valence-corrected chi connectivity index (χ2v) is 9.76. The number of anilines is 1. The molecule has 0 N–H and O–H groups in total. The number of rotatable bonds is 4. The first-order valence-electron chi connectivity index (χ1n) is 11.3. The second kappa shape index (κ2) is 9.03. The van der Waals surface area contributed by atoms with Gasteiger partial charge in [-0.25, -0.2) is 9.97 Å². The third-order valence-electron chi connectivity index (χ3n) is 6.40. The second-order valence-electron chi connectivity index (χ2n) is 8.70. The summed E-state index contributed by atoms with van der Waals surface area (Å²) in [4.78, 5) is 34.3. The number of pyridine rings is 2. The maximum Gasteiger partial charge on any atom is 0.418 e. The summed E-state index contributed by atoms with van der Waals surface area (Å²) in [7, 11) is 0. The summed E-state index contributed by atoms with van der Waals surface area (Å²) in [5.74, 6) is 0.933. The molecule has 4 aromatic heterocycles. The van der Waals surface area contributed by atoms with Crippen LogP contribution in [-0.2, 0) is 12.7 Å². The fourth-order valence-electron chi connectivity index (χ4n) is 4.65. The number of alkyl halides is 3. The number of hydrogen-bond acceptors (Lipinski definition) is 7. The summed E-state index contributed by atoms with van der Waals surface area (Å²) in [6, 6.07) is 3.97. The first-order valence-corrected chi connectivity index (χ1v) is 12.1. The van der Waals surface area contributed by atoms with E-state index in [1.165, 1.54) is 16.8 Å². The van der Waals surface area contributed by atoms with Crippen LogP contribution in [0.5, 0.6) is 0 Å². The van der Waals surface area contributed by atoms with Gasteiger partial charge >= 0.3 is 6.18 Å². The summed E-state index contributed by atoms with van der Waals surface area (Å²) in [6.45, 7) is 4.91. The van der Waals surface area contributed by atoms with Gasteiger partial charge < -0.3 is 4.90 Å². The van der Waals surface area contributed by atoms with Gasteiger partial charge in [-0.15, -0.1) is 11.3 Å². The lowest BCUT2D eigenvalue weighted by molar-refractivity contribution is -0.138. The standard InChI is InChI=1S/C24H23F3N6OS/c1-14-11-29-19-10-17(16-5-8-32(9-6-16)21-15(2)35-13-30-21)23(34)33(22(19)31-14)12-20-18(24(25,26)27)4-3-7-28-20/h3-4,7,10-11,13,16H,5-6,8-9,12H2,1-2H3. The molecule has 0 amide bonds. The van der Waals surface area contributed by atoms with E-state index in [-0.39, 0.29) is 29.4 Å². The third-order valence-corrected chi connectivity index (χ3v) is 7.15. The molecule has 1 aliphatic rings. The number of piperidine rings is 1. The molecule has 4 aromatic rings. The molecule has 7 nitrogen and oxygen atoms in total. The SMILES string of the molecule is Cc1cnc2cc(C3CCN(c4ncsc4C)CC3)c(=O)n(Cc3ncccc3C(F)(F)F)c2n1. The van der Waals surface area contributed by atoms with E-state index in [9.17, 15) is 18.0 Å². The van der Waals surface area contributed by atoms with Crippen LogP contribution in [0, 0.1) is 13.8 Å². The summed E-state index contributed by atoms with van der Waals surface area (Å²) in [6.07, 6.45) is -0.225. The van der Waals surface area contributed by atoms with E-state index in [0.29, 0.717) is 16.8 Å². The molecule has 0 radical (unpaired) electrons. The van der Waals surface area contributed by atoms with Crippen molar-refractivity contribution in [3.63, 3.8) is 0 Å². The zero-order valence-corrected chi connectivity index (χ0v) is 20.0. The lowest BCUT2D eigenvalue weighted by atomic mass is 9.90. The predicted octanol–water partition coefficient (Wildman–Crippen LogP) is 4.71. The van der Waals surface area contributed by atoms with E-state index < -0.39 is 11.7 Å². The molecule has 1 fully saturated rings. The number of fused-ring (bicyclic) bond motifs is 1. The zero-order valence-electron chi connectivity index (χ0n) is 19.2. The molecule has 0 spiro atoms. The number of hydrogen-bond donors (Lipinski definition) is 0. The quantitative estimate of drug-likeness (QED) is 0.404. The van der Waals surface area contributed by atoms with E-state index in [2.05, 4.69) is 24.8 Å². The Bertz CT molecular complexity index is 1440. The van der Waals surface area contributed by atoms with Crippen LogP contribution < -0.4 is 10.5 Å². The van der Waals surface area contributed by atoms with Gasteiger partial charge in [0.15, 0.2) is 5.65 Å². The highest BCUT2D eigenvalue weighted by atomic mass is 32.1. The van der Waals surface area contributed by atoms with Crippen LogP contribution in [-0.4, -0.2) is 37.6 Å². The van der Waals surface area contributed by atoms with E-state index in [4.69, 9.17) is 0 Å². The van der Waals surface area contributed by atoms with Crippen LogP contribution in [0.4, 0.5) is 19.0 Å². The molecule has 1 aliphatic heterocycles. The van der Waals surface area contributed by atoms with Gasteiger partial charge in [-0.2, -0.15) is 13.2 Å². The average molecular weight is 501 g/mol. The Morgan fingerprint density at radius 1 is 1.14 bits per heavy atom. The van der Waals surface area contributed by atoms with Gasteiger partial charge in [-0.1, -0.05) is 0 Å². The Labute approximate surface area is 203 Å². The summed E-state index contributed by atoms with van der Waals surface area (Å²) < 4.78 is 42.1.